The molecular weight excluding hydrogens is 553 g/mol. The van der Waals surface area contributed by atoms with Crippen molar-refractivity contribution < 1.29 is 26.6 Å². The first kappa shape index (κ1) is 26.9. The fraction of sp³-hybridized carbons (Fsp3) is 0.200. The first-order valence-corrected chi connectivity index (χ1v) is 13.3. The van der Waals surface area contributed by atoms with Gasteiger partial charge in [-0.3, -0.25) is 0 Å². The molecule has 1 aliphatic rings. The summed E-state index contributed by atoms with van der Waals surface area (Å²) in [5, 5.41) is 11.4. The fourth-order valence-corrected chi connectivity index (χ4v) is 5.38. The van der Waals surface area contributed by atoms with Gasteiger partial charge in [-0.25, -0.2) is 13.0 Å². The lowest BCUT2D eigenvalue weighted by atomic mass is 9.86. The Morgan fingerprint density at radius 1 is 1.11 bits per heavy atom. The predicted molar refractivity (Wildman–Crippen MR) is 132 cm³/mol. The molecule has 0 amide bonds. The lowest BCUT2D eigenvalue weighted by Gasteiger charge is -2.29. The van der Waals surface area contributed by atoms with Gasteiger partial charge in [-0.2, -0.15) is 18.4 Å². The summed E-state index contributed by atoms with van der Waals surface area (Å²) >= 11 is 11.5. The number of nitriles is 1. The van der Waals surface area contributed by atoms with Crippen molar-refractivity contribution in [3.05, 3.63) is 98.8 Å². The second-order valence-corrected chi connectivity index (χ2v) is 11.5. The minimum absolute atomic E-state index is 0.0225. The molecular formula is C25H17Cl2F4N3O2S. The van der Waals surface area contributed by atoms with Gasteiger partial charge in [0.1, 0.15) is 0 Å². The lowest BCUT2D eigenvalue weighted by Crippen LogP contribution is -2.42. The average Bonchev–Trinajstić information content (AvgIpc) is 3.33. The normalized spacial score (nSPS) is 18.9. The van der Waals surface area contributed by atoms with Crippen molar-refractivity contribution >= 4 is 38.6 Å². The third kappa shape index (κ3) is 5.30. The van der Waals surface area contributed by atoms with Crippen LogP contribution in [0, 0.1) is 17.1 Å². The highest BCUT2D eigenvalue weighted by Crippen LogP contribution is 2.50. The lowest BCUT2D eigenvalue weighted by molar-refractivity contribution is -0.275. The van der Waals surface area contributed by atoms with Gasteiger partial charge in [-0.15, -0.1) is 0 Å². The van der Waals surface area contributed by atoms with Crippen LogP contribution in [0.4, 0.5) is 17.6 Å². The number of oxime groups is 1. The SMILES string of the molecule is CS(=O)(=NCc1ccc(C2=NOC(c3cc(Cl)c(F)c(Cl)c3)(C(F)(F)F)C2)cc1)c1ccc(C#N)cc1. The quantitative estimate of drug-likeness (QED) is 0.240. The van der Waals surface area contributed by atoms with Crippen LogP contribution < -0.4 is 0 Å². The summed E-state index contributed by atoms with van der Waals surface area (Å²) in [5.41, 5.74) is -1.84. The van der Waals surface area contributed by atoms with Crippen molar-refractivity contribution in [1.82, 2.24) is 0 Å². The van der Waals surface area contributed by atoms with Crippen LogP contribution in [-0.4, -0.2) is 22.4 Å². The van der Waals surface area contributed by atoms with Crippen LogP contribution in [0.1, 0.15) is 28.7 Å². The Morgan fingerprint density at radius 2 is 1.70 bits per heavy atom. The van der Waals surface area contributed by atoms with E-state index in [0.717, 1.165) is 12.1 Å². The number of benzene rings is 3. The monoisotopic (exact) mass is 569 g/mol. The molecule has 1 aliphatic heterocycles. The fourth-order valence-electron chi connectivity index (χ4n) is 3.70. The van der Waals surface area contributed by atoms with Crippen LogP contribution >= 0.6 is 23.2 Å². The van der Waals surface area contributed by atoms with Crippen LogP contribution in [0.3, 0.4) is 0 Å². The van der Waals surface area contributed by atoms with E-state index in [4.69, 9.17) is 33.3 Å². The standard InChI is InChI=1S/C25H17Cl2F4N3O2S/c1-37(35,19-8-4-15(13-32)5-9-19)33-14-16-2-6-17(7-3-16)22-12-24(36-34-22,25(29,30)31)18-10-20(26)23(28)21(27)11-18/h2-11H,12,14H2,1H3. The van der Waals surface area contributed by atoms with Gasteiger partial charge in [-0.05, 0) is 47.5 Å². The Hall–Kier alpha value is -3.13. The molecule has 0 saturated carbocycles. The topological polar surface area (TPSA) is 74.8 Å². The summed E-state index contributed by atoms with van der Waals surface area (Å²) < 4.78 is 73.6. The smallest absolute Gasteiger partial charge is 0.374 e. The summed E-state index contributed by atoms with van der Waals surface area (Å²) in [7, 11) is -2.73. The largest absolute Gasteiger partial charge is 0.435 e. The maximum Gasteiger partial charge on any atom is 0.435 e. The Morgan fingerprint density at radius 3 is 2.24 bits per heavy atom. The van der Waals surface area contributed by atoms with Crippen LogP contribution in [0.5, 0.6) is 0 Å². The summed E-state index contributed by atoms with van der Waals surface area (Å²) in [6.45, 7) is 0.0949. The molecule has 5 nitrogen and oxygen atoms in total. The van der Waals surface area contributed by atoms with E-state index in [1.165, 1.54) is 6.26 Å². The van der Waals surface area contributed by atoms with Crippen LogP contribution in [0.25, 0.3) is 0 Å². The number of alkyl halides is 3. The highest BCUT2D eigenvalue weighted by Gasteiger charge is 2.62. The number of hydrogen-bond donors (Lipinski definition) is 0. The summed E-state index contributed by atoms with van der Waals surface area (Å²) in [6, 6.07) is 16.3. The van der Waals surface area contributed by atoms with Crippen molar-refractivity contribution in [3.8, 4) is 6.07 Å². The van der Waals surface area contributed by atoms with E-state index < -0.39 is 49.4 Å². The maximum atomic E-state index is 14.2. The second kappa shape index (κ2) is 9.97. The van der Waals surface area contributed by atoms with Crippen molar-refractivity contribution in [2.75, 3.05) is 6.26 Å². The molecule has 3 aromatic carbocycles. The van der Waals surface area contributed by atoms with Crippen LogP contribution in [0.15, 0.2) is 75.1 Å². The Bertz CT molecular complexity index is 1520. The van der Waals surface area contributed by atoms with Gasteiger partial charge in [0.25, 0.3) is 5.60 Å². The average molecular weight is 570 g/mol. The van der Waals surface area contributed by atoms with Crippen LogP contribution in [0.2, 0.25) is 10.0 Å². The van der Waals surface area contributed by atoms with Gasteiger partial charge < -0.3 is 4.84 Å². The van der Waals surface area contributed by atoms with Crippen molar-refractivity contribution in [1.29, 1.82) is 5.26 Å². The summed E-state index contributed by atoms with van der Waals surface area (Å²) in [4.78, 5) is 5.42. The number of halogens is 6. The van der Waals surface area contributed by atoms with Crippen molar-refractivity contribution in [3.63, 3.8) is 0 Å². The molecule has 0 radical (unpaired) electrons. The van der Waals surface area contributed by atoms with E-state index in [-0.39, 0.29) is 12.3 Å². The summed E-state index contributed by atoms with van der Waals surface area (Å²) in [5.74, 6) is -1.03. The third-order valence-corrected chi connectivity index (χ3v) is 8.16. The van der Waals surface area contributed by atoms with E-state index in [1.807, 2.05) is 6.07 Å². The van der Waals surface area contributed by atoms with Gasteiger partial charge in [0.15, 0.2) is 5.82 Å². The predicted octanol–water partition coefficient (Wildman–Crippen LogP) is 7.24. The molecule has 2 unspecified atom stereocenters. The molecule has 3 aromatic rings. The zero-order valence-corrected chi connectivity index (χ0v) is 21.4. The molecule has 37 heavy (non-hydrogen) atoms. The zero-order chi connectivity index (χ0) is 27.0. The first-order valence-electron chi connectivity index (χ1n) is 10.6. The van der Waals surface area contributed by atoms with Gasteiger partial charge in [-0.1, -0.05) is 52.6 Å². The highest BCUT2D eigenvalue weighted by atomic mass is 35.5. The van der Waals surface area contributed by atoms with E-state index in [0.29, 0.717) is 21.6 Å². The Labute approximate surface area is 220 Å². The van der Waals surface area contributed by atoms with Gasteiger partial charge in [0.2, 0.25) is 0 Å². The first-order chi connectivity index (χ1) is 17.4. The third-order valence-electron chi connectivity index (χ3n) is 5.84. The molecule has 2 atom stereocenters. The molecule has 1 heterocycles. The molecule has 0 aromatic heterocycles. The molecule has 0 saturated heterocycles. The van der Waals surface area contributed by atoms with E-state index in [2.05, 4.69) is 9.52 Å². The Balaban J connectivity index is 1.55. The van der Waals surface area contributed by atoms with Gasteiger partial charge in [0.05, 0.1) is 43.7 Å². The van der Waals surface area contributed by atoms with E-state index >= 15 is 0 Å². The van der Waals surface area contributed by atoms with E-state index in [1.54, 1.807) is 48.5 Å². The molecule has 0 fully saturated rings. The molecule has 0 bridgehead atoms. The second-order valence-electron chi connectivity index (χ2n) is 8.31. The van der Waals surface area contributed by atoms with Crippen molar-refractivity contribution in [2.24, 2.45) is 9.52 Å². The van der Waals surface area contributed by atoms with Crippen molar-refractivity contribution in [2.45, 2.75) is 29.6 Å². The number of rotatable bonds is 5. The van der Waals surface area contributed by atoms with Gasteiger partial charge in [0, 0.05) is 23.1 Å². The maximum absolute atomic E-state index is 14.2. The molecule has 0 N–H and O–H groups in total. The molecule has 0 aliphatic carbocycles. The van der Waals surface area contributed by atoms with Crippen LogP contribution in [-0.2, 0) is 26.7 Å². The molecule has 12 heteroatoms. The minimum atomic E-state index is -4.91. The highest BCUT2D eigenvalue weighted by molar-refractivity contribution is 7.93. The number of hydrogen-bond acceptors (Lipinski definition) is 5. The summed E-state index contributed by atoms with van der Waals surface area (Å²) in [6.07, 6.45) is -4.10. The Kier molecular flexibility index (Phi) is 7.25. The molecule has 192 valence electrons. The minimum Gasteiger partial charge on any atom is -0.374 e. The molecule has 4 rings (SSSR count). The molecule has 0 spiro atoms. The van der Waals surface area contributed by atoms with E-state index in [9.17, 15) is 21.8 Å². The van der Waals surface area contributed by atoms with Gasteiger partial charge >= 0.3 is 6.18 Å². The number of nitrogens with zero attached hydrogens (tertiary/aromatic N) is 3. The zero-order valence-electron chi connectivity index (χ0n) is 19.0.